The van der Waals surface area contributed by atoms with Crippen molar-refractivity contribution < 1.29 is 28.9 Å². The lowest BCUT2D eigenvalue weighted by atomic mass is 9.90. The molecule has 1 aliphatic heterocycles. The van der Waals surface area contributed by atoms with E-state index >= 15 is 0 Å². The van der Waals surface area contributed by atoms with Gasteiger partial charge < -0.3 is 19.3 Å². The van der Waals surface area contributed by atoms with Crippen molar-refractivity contribution in [3.63, 3.8) is 0 Å². The number of carbonyl (C=O) groups excluding carboxylic acids is 2. The second-order valence-electron chi connectivity index (χ2n) is 8.73. The zero-order chi connectivity index (χ0) is 22.1. The van der Waals surface area contributed by atoms with E-state index in [0.717, 1.165) is 38.5 Å². The van der Waals surface area contributed by atoms with Gasteiger partial charge in [-0.2, -0.15) is 0 Å². The highest BCUT2D eigenvalue weighted by Gasteiger charge is 2.57. The molecule has 2 aliphatic rings. The predicted molar refractivity (Wildman–Crippen MR) is 115 cm³/mol. The second kappa shape index (κ2) is 11.8. The van der Waals surface area contributed by atoms with Crippen molar-refractivity contribution in [2.45, 2.75) is 96.2 Å². The molecule has 170 valence electrons. The van der Waals surface area contributed by atoms with E-state index in [0.29, 0.717) is 12.8 Å². The third-order valence-corrected chi connectivity index (χ3v) is 5.81. The minimum absolute atomic E-state index is 0.0694. The number of hydrogen-bond donors (Lipinski definition) is 1. The monoisotopic (exact) mass is 422 g/mol. The van der Waals surface area contributed by atoms with Crippen LogP contribution in [-0.4, -0.2) is 48.1 Å². The average molecular weight is 423 g/mol. The number of aliphatic hydroxyl groups excluding tert-OH is 1. The van der Waals surface area contributed by atoms with Gasteiger partial charge in [0.15, 0.2) is 11.6 Å². The lowest BCUT2D eigenvalue weighted by Gasteiger charge is -2.23. The molecule has 1 heterocycles. The van der Waals surface area contributed by atoms with E-state index in [1.54, 1.807) is 0 Å². The molecular weight excluding hydrogens is 384 g/mol. The van der Waals surface area contributed by atoms with Crippen LogP contribution in [0.1, 0.15) is 72.1 Å². The minimum Gasteiger partial charge on any atom is -0.469 e. The topological polar surface area (TPSA) is 82.1 Å². The summed E-state index contributed by atoms with van der Waals surface area (Å²) in [7, 11) is 1.39. The number of esters is 1. The van der Waals surface area contributed by atoms with Gasteiger partial charge in [-0.05, 0) is 39.5 Å². The molecule has 0 unspecified atom stereocenters. The van der Waals surface area contributed by atoms with E-state index in [-0.39, 0.29) is 29.7 Å². The average Bonchev–Trinajstić information content (AvgIpc) is 3.14. The van der Waals surface area contributed by atoms with Crippen LogP contribution in [0.25, 0.3) is 0 Å². The summed E-state index contributed by atoms with van der Waals surface area (Å²) in [6.45, 7) is 5.80. The van der Waals surface area contributed by atoms with Gasteiger partial charge in [0, 0.05) is 18.3 Å². The highest BCUT2D eigenvalue weighted by atomic mass is 16.8. The molecule has 2 fully saturated rings. The summed E-state index contributed by atoms with van der Waals surface area (Å²) in [5, 5.41) is 10.3. The van der Waals surface area contributed by atoms with Crippen LogP contribution < -0.4 is 0 Å². The fourth-order valence-corrected chi connectivity index (χ4v) is 4.22. The van der Waals surface area contributed by atoms with Crippen LogP contribution in [0, 0.1) is 11.8 Å². The van der Waals surface area contributed by atoms with E-state index in [4.69, 9.17) is 9.47 Å². The number of hydrogen-bond acceptors (Lipinski definition) is 6. The van der Waals surface area contributed by atoms with Gasteiger partial charge in [-0.25, -0.2) is 0 Å². The Morgan fingerprint density at radius 3 is 2.70 bits per heavy atom. The third-order valence-electron chi connectivity index (χ3n) is 5.81. The molecule has 6 nitrogen and oxygen atoms in total. The lowest BCUT2D eigenvalue weighted by molar-refractivity contribution is -0.165. The van der Waals surface area contributed by atoms with Crippen molar-refractivity contribution in [1.29, 1.82) is 0 Å². The maximum Gasteiger partial charge on any atom is 0.305 e. The van der Waals surface area contributed by atoms with Gasteiger partial charge in [-0.1, -0.05) is 50.5 Å². The summed E-state index contributed by atoms with van der Waals surface area (Å²) >= 11 is 0. The largest absolute Gasteiger partial charge is 0.469 e. The maximum absolute atomic E-state index is 13.0. The van der Waals surface area contributed by atoms with Crippen molar-refractivity contribution in [1.82, 2.24) is 0 Å². The quantitative estimate of drug-likeness (QED) is 0.290. The molecule has 0 aromatic carbocycles. The molecule has 1 saturated heterocycles. The fourth-order valence-electron chi connectivity index (χ4n) is 4.22. The Labute approximate surface area is 180 Å². The van der Waals surface area contributed by atoms with Crippen LogP contribution in [0.15, 0.2) is 24.3 Å². The van der Waals surface area contributed by atoms with E-state index in [2.05, 4.69) is 11.7 Å². The Balaban J connectivity index is 1.97. The molecule has 1 saturated carbocycles. The first-order chi connectivity index (χ1) is 14.3. The molecular formula is C24H38O6. The molecule has 2 rings (SSSR count). The minimum atomic E-state index is -0.772. The number of Topliss-reactive ketones (excluding diaryl/α,β-unsaturated/α-hetero) is 1. The van der Waals surface area contributed by atoms with E-state index in [9.17, 15) is 14.7 Å². The molecule has 0 bridgehead atoms. The highest BCUT2D eigenvalue weighted by molar-refractivity contribution is 5.90. The van der Waals surface area contributed by atoms with Crippen LogP contribution in [0.5, 0.6) is 0 Å². The molecule has 1 N–H and O–H groups in total. The van der Waals surface area contributed by atoms with Crippen LogP contribution in [0.2, 0.25) is 0 Å². The smallest absolute Gasteiger partial charge is 0.305 e. The Morgan fingerprint density at radius 1 is 1.23 bits per heavy atom. The standard InChI is InChI=1S/C24H38O6/c1-5-6-9-12-17(25)15-16-19-18(13-10-7-8-11-14-20(26)28-4)21(27)23-22(19)29-24(2,3)30-23/h7,10,15-19,22-23,25H,5-6,8-9,11-14H2,1-4H3/t17-,18+,19+,22-,23+/m0/s1. The summed E-state index contributed by atoms with van der Waals surface area (Å²) in [5.74, 6) is -1.26. The zero-order valence-electron chi connectivity index (χ0n) is 18.8. The number of fused-ring (bicyclic) bond motifs is 1. The van der Waals surface area contributed by atoms with Gasteiger partial charge in [0.05, 0.1) is 13.2 Å². The number of methoxy groups -OCH3 is 1. The molecule has 0 spiro atoms. The summed E-state index contributed by atoms with van der Waals surface area (Å²) in [6.07, 6.45) is 12.8. The number of aliphatic hydroxyl groups is 1. The van der Waals surface area contributed by atoms with Gasteiger partial charge in [-0.15, -0.1) is 0 Å². The van der Waals surface area contributed by atoms with Crippen LogP contribution in [0.3, 0.4) is 0 Å². The van der Waals surface area contributed by atoms with Gasteiger partial charge in [0.1, 0.15) is 12.2 Å². The molecule has 0 radical (unpaired) electrons. The van der Waals surface area contributed by atoms with Gasteiger partial charge in [0.25, 0.3) is 0 Å². The first-order valence-corrected chi connectivity index (χ1v) is 11.3. The van der Waals surface area contributed by atoms with Crippen LogP contribution in [0.4, 0.5) is 0 Å². The first kappa shape index (κ1) is 24.8. The number of allylic oxidation sites excluding steroid dienone is 2. The number of rotatable bonds is 12. The summed E-state index contributed by atoms with van der Waals surface area (Å²) in [4.78, 5) is 24.2. The fraction of sp³-hybridized carbons (Fsp3) is 0.750. The normalized spacial score (nSPS) is 29.0. The molecule has 30 heavy (non-hydrogen) atoms. The molecule has 5 atom stereocenters. The van der Waals surface area contributed by atoms with Crippen molar-refractivity contribution in [2.75, 3.05) is 7.11 Å². The number of ether oxygens (including phenoxy) is 3. The Kier molecular flexibility index (Phi) is 9.72. The van der Waals surface area contributed by atoms with Gasteiger partial charge in [-0.3, -0.25) is 9.59 Å². The third kappa shape index (κ3) is 7.03. The second-order valence-corrected chi connectivity index (χ2v) is 8.73. The summed E-state index contributed by atoms with van der Waals surface area (Å²) in [5.41, 5.74) is 0. The molecule has 6 heteroatoms. The Morgan fingerprint density at radius 2 is 2.00 bits per heavy atom. The van der Waals surface area contributed by atoms with Crippen LogP contribution in [-0.2, 0) is 23.8 Å². The lowest BCUT2D eigenvalue weighted by Crippen LogP contribution is -2.29. The van der Waals surface area contributed by atoms with Crippen molar-refractivity contribution in [3.05, 3.63) is 24.3 Å². The molecule has 0 aromatic rings. The van der Waals surface area contributed by atoms with E-state index in [1.807, 2.05) is 38.2 Å². The zero-order valence-corrected chi connectivity index (χ0v) is 18.8. The summed E-state index contributed by atoms with van der Waals surface area (Å²) < 4.78 is 16.6. The van der Waals surface area contributed by atoms with Gasteiger partial charge in [0.2, 0.25) is 0 Å². The first-order valence-electron chi connectivity index (χ1n) is 11.3. The van der Waals surface area contributed by atoms with Gasteiger partial charge >= 0.3 is 5.97 Å². The van der Waals surface area contributed by atoms with Crippen molar-refractivity contribution >= 4 is 11.8 Å². The Hall–Kier alpha value is -1.50. The molecule has 1 aliphatic carbocycles. The number of ketones is 1. The Bertz CT molecular complexity index is 623. The van der Waals surface area contributed by atoms with E-state index in [1.165, 1.54) is 7.11 Å². The SMILES string of the molecule is CCCCC[C@H](O)C=C[C@H]1[C@@H]2OC(C)(C)O[C@@H]2C(=O)[C@@H]1CC=CCCCC(=O)OC. The predicted octanol–water partition coefficient (Wildman–Crippen LogP) is 4.11. The highest BCUT2D eigenvalue weighted by Crippen LogP contribution is 2.44. The molecule has 0 aromatic heterocycles. The van der Waals surface area contributed by atoms with Crippen molar-refractivity contribution in [3.8, 4) is 0 Å². The maximum atomic E-state index is 13.0. The summed E-state index contributed by atoms with van der Waals surface area (Å²) in [6, 6.07) is 0. The number of unbranched alkanes of at least 4 members (excludes halogenated alkanes) is 3. The van der Waals surface area contributed by atoms with Crippen LogP contribution >= 0.6 is 0 Å². The molecule has 0 amide bonds. The number of carbonyl (C=O) groups is 2. The van der Waals surface area contributed by atoms with Crippen molar-refractivity contribution in [2.24, 2.45) is 11.8 Å². The van der Waals surface area contributed by atoms with E-state index < -0.39 is 18.0 Å².